The monoisotopic (exact) mass is 426 g/mol. The predicted octanol–water partition coefficient (Wildman–Crippen LogP) is 3.20. The van der Waals surface area contributed by atoms with E-state index >= 15 is 0 Å². The van der Waals surface area contributed by atoms with Crippen LogP contribution in [0.2, 0.25) is 0 Å². The van der Waals surface area contributed by atoms with Crippen LogP contribution in [0, 0.1) is 12.8 Å². The molecule has 1 aliphatic rings. The molecular formula is C23H30N4O4. The van der Waals surface area contributed by atoms with Crippen molar-refractivity contribution in [2.24, 2.45) is 5.92 Å². The molecule has 2 aromatic rings. The highest BCUT2D eigenvalue weighted by atomic mass is 16.5. The molecular weight excluding hydrogens is 396 g/mol. The van der Waals surface area contributed by atoms with Crippen molar-refractivity contribution >= 4 is 23.6 Å². The molecule has 1 N–H and O–H groups in total. The Morgan fingerprint density at radius 3 is 2.42 bits per heavy atom. The molecule has 1 aliphatic heterocycles. The highest BCUT2D eigenvalue weighted by molar-refractivity contribution is 5.96. The molecule has 0 radical (unpaired) electrons. The number of aryl methyl sites for hydroxylation is 1. The second-order valence-electron chi connectivity index (χ2n) is 8.20. The largest absolute Gasteiger partial charge is 0.452 e. The van der Waals surface area contributed by atoms with Crippen LogP contribution in [0.3, 0.4) is 0 Å². The maximum absolute atomic E-state index is 12.7. The number of nitrogens with one attached hydrogen (secondary N) is 1. The number of likely N-dealkylation sites (tertiary alicyclic amines) is 1. The number of ether oxygens (including phenoxy) is 1. The number of benzene rings is 1. The molecule has 2 heterocycles. The zero-order valence-corrected chi connectivity index (χ0v) is 18.5. The quantitative estimate of drug-likeness (QED) is 0.716. The third kappa shape index (κ3) is 5.31. The van der Waals surface area contributed by atoms with Gasteiger partial charge in [0.15, 0.2) is 6.10 Å². The fourth-order valence-corrected chi connectivity index (χ4v) is 3.68. The van der Waals surface area contributed by atoms with Gasteiger partial charge in [0.25, 0.3) is 11.8 Å². The van der Waals surface area contributed by atoms with Crippen molar-refractivity contribution in [1.29, 1.82) is 0 Å². The SMILES string of the molecule is Cc1ccccc1C(=O)N1CCC(C(=O)OC(C)C(=O)Nc2ccnn2C(C)C)CC1. The number of nitrogens with zero attached hydrogens (tertiary/aromatic N) is 3. The van der Waals surface area contributed by atoms with Gasteiger partial charge >= 0.3 is 5.97 Å². The van der Waals surface area contributed by atoms with Crippen molar-refractivity contribution in [1.82, 2.24) is 14.7 Å². The van der Waals surface area contributed by atoms with Crippen molar-refractivity contribution in [3.8, 4) is 0 Å². The van der Waals surface area contributed by atoms with E-state index in [2.05, 4.69) is 10.4 Å². The Balaban J connectivity index is 1.50. The lowest BCUT2D eigenvalue weighted by Crippen LogP contribution is -2.42. The fraction of sp³-hybridized carbons (Fsp3) is 0.478. The summed E-state index contributed by atoms with van der Waals surface area (Å²) in [7, 11) is 0. The van der Waals surface area contributed by atoms with E-state index in [1.165, 1.54) is 0 Å². The van der Waals surface area contributed by atoms with E-state index in [0.717, 1.165) is 5.56 Å². The first-order valence-corrected chi connectivity index (χ1v) is 10.7. The van der Waals surface area contributed by atoms with Crippen molar-refractivity contribution in [3.63, 3.8) is 0 Å². The van der Waals surface area contributed by atoms with Gasteiger partial charge in [-0.25, -0.2) is 4.68 Å². The number of hydrogen-bond donors (Lipinski definition) is 1. The normalized spacial score (nSPS) is 15.6. The van der Waals surface area contributed by atoms with Crippen LogP contribution in [0.25, 0.3) is 0 Å². The molecule has 2 amide bonds. The summed E-state index contributed by atoms with van der Waals surface area (Å²) < 4.78 is 7.10. The summed E-state index contributed by atoms with van der Waals surface area (Å²) in [5.74, 6) is -0.575. The number of carbonyl (C=O) groups is 3. The van der Waals surface area contributed by atoms with E-state index in [1.54, 1.807) is 28.8 Å². The Hall–Kier alpha value is -3.16. The number of anilines is 1. The van der Waals surface area contributed by atoms with E-state index in [0.29, 0.717) is 37.3 Å². The average molecular weight is 427 g/mol. The van der Waals surface area contributed by atoms with Crippen molar-refractivity contribution in [2.75, 3.05) is 18.4 Å². The van der Waals surface area contributed by atoms with Gasteiger partial charge in [0.2, 0.25) is 0 Å². The zero-order chi connectivity index (χ0) is 22.5. The molecule has 31 heavy (non-hydrogen) atoms. The predicted molar refractivity (Wildman–Crippen MR) is 117 cm³/mol. The van der Waals surface area contributed by atoms with Gasteiger partial charge in [-0.15, -0.1) is 0 Å². The molecule has 1 fully saturated rings. The lowest BCUT2D eigenvalue weighted by atomic mass is 9.96. The van der Waals surface area contributed by atoms with E-state index < -0.39 is 18.0 Å². The molecule has 0 bridgehead atoms. The number of piperidine rings is 1. The van der Waals surface area contributed by atoms with Crippen LogP contribution in [0.1, 0.15) is 55.6 Å². The average Bonchev–Trinajstić information content (AvgIpc) is 3.22. The summed E-state index contributed by atoms with van der Waals surface area (Å²) in [6.45, 7) is 8.37. The molecule has 1 atom stereocenters. The van der Waals surface area contributed by atoms with Gasteiger partial charge in [-0.3, -0.25) is 14.4 Å². The van der Waals surface area contributed by atoms with Gasteiger partial charge in [0, 0.05) is 30.8 Å². The van der Waals surface area contributed by atoms with E-state index in [1.807, 2.05) is 45.0 Å². The maximum atomic E-state index is 12.7. The molecule has 166 valence electrons. The van der Waals surface area contributed by atoms with E-state index in [4.69, 9.17) is 4.74 Å². The van der Waals surface area contributed by atoms with Gasteiger partial charge in [-0.05, 0) is 52.2 Å². The van der Waals surface area contributed by atoms with E-state index in [9.17, 15) is 14.4 Å². The van der Waals surface area contributed by atoms with Gasteiger partial charge in [0.1, 0.15) is 5.82 Å². The number of rotatable bonds is 6. The second-order valence-corrected chi connectivity index (χ2v) is 8.20. The topological polar surface area (TPSA) is 93.5 Å². The summed E-state index contributed by atoms with van der Waals surface area (Å²) in [6.07, 6.45) is 1.73. The van der Waals surface area contributed by atoms with Crippen LogP contribution in [-0.2, 0) is 14.3 Å². The Morgan fingerprint density at radius 1 is 1.10 bits per heavy atom. The molecule has 0 spiro atoms. The van der Waals surface area contributed by atoms with Crippen LogP contribution in [0.4, 0.5) is 5.82 Å². The Kier molecular flexibility index (Phi) is 7.09. The molecule has 1 unspecified atom stereocenters. The molecule has 8 heteroatoms. The number of amides is 2. The fourth-order valence-electron chi connectivity index (χ4n) is 3.68. The van der Waals surface area contributed by atoms with Crippen LogP contribution in [-0.4, -0.2) is 51.7 Å². The van der Waals surface area contributed by atoms with Crippen LogP contribution >= 0.6 is 0 Å². The highest BCUT2D eigenvalue weighted by Crippen LogP contribution is 2.22. The standard InChI is InChI=1S/C23H30N4O4/c1-15(2)27-20(9-12-24-27)25-21(28)17(4)31-23(30)18-10-13-26(14-11-18)22(29)19-8-6-5-7-16(19)3/h5-9,12,15,17-18H,10-11,13-14H2,1-4H3,(H,25,28). The molecule has 3 rings (SSSR count). The molecule has 0 saturated carbocycles. The van der Waals surface area contributed by atoms with Crippen LogP contribution < -0.4 is 5.32 Å². The number of hydrogen-bond acceptors (Lipinski definition) is 5. The van der Waals surface area contributed by atoms with Crippen LogP contribution in [0.5, 0.6) is 0 Å². The molecule has 0 aliphatic carbocycles. The smallest absolute Gasteiger partial charge is 0.309 e. The summed E-state index contributed by atoms with van der Waals surface area (Å²) in [6, 6.07) is 9.29. The first-order valence-electron chi connectivity index (χ1n) is 10.7. The zero-order valence-electron chi connectivity index (χ0n) is 18.5. The summed E-state index contributed by atoms with van der Waals surface area (Å²) >= 11 is 0. The van der Waals surface area contributed by atoms with Crippen molar-refractivity contribution in [3.05, 3.63) is 47.7 Å². The van der Waals surface area contributed by atoms with Gasteiger partial charge in [0.05, 0.1) is 12.1 Å². The first-order chi connectivity index (χ1) is 14.8. The summed E-state index contributed by atoms with van der Waals surface area (Å²) in [4.78, 5) is 39.5. The Labute approximate surface area is 182 Å². The lowest BCUT2D eigenvalue weighted by Gasteiger charge is -2.31. The highest BCUT2D eigenvalue weighted by Gasteiger charge is 2.31. The van der Waals surface area contributed by atoms with Crippen molar-refractivity contribution in [2.45, 2.75) is 52.7 Å². The number of aromatic nitrogens is 2. The minimum atomic E-state index is -0.922. The molecule has 1 aromatic carbocycles. The van der Waals surface area contributed by atoms with Crippen molar-refractivity contribution < 1.29 is 19.1 Å². The third-order valence-electron chi connectivity index (χ3n) is 5.56. The minimum Gasteiger partial charge on any atom is -0.452 e. The second kappa shape index (κ2) is 9.76. The maximum Gasteiger partial charge on any atom is 0.309 e. The first kappa shape index (κ1) is 22.5. The molecule has 1 saturated heterocycles. The van der Waals surface area contributed by atoms with Crippen LogP contribution in [0.15, 0.2) is 36.5 Å². The Bertz CT molecular complexity index is 945. The van der Waals surface area contributed by atoms with Gasteiger partial charge in [-0.1, -0.05) is 18.2 Å². The minimum absolute atomic E-state index is 0.0144. The lowest BCUT2D eigenvalue weighted by molar-refractivity contribution is -0.158. The number of esters is 1. The number of carbonyl (C=O) groups excluding carboxylic acids is 3. The molecule has 8 nitrogen and oxygen atoms in total. The summed E-state index contributed by atoms with van der Waals surface area (Å²) in [5.41, 5.74) is 1.63. The molecule has 1 aromatic heterocycles. The Morgan fingerprint density at radius 2 is 1.77 bits per heavy atom. The van der Waals surface area contributed by atoms with E-state index in [-0.39, 0.29) is 17.9 Å². The summed E-state index contributed by atoms with van der Waals surface area (Å²) in [5, 5.41) is 6.93. The van der Waals surface area contributed by atoms with Gasteiger partial charge < -0.3 is 15.0 Å². The third-order valence-corrected chi connectivity index (χ3v) is 5.56. The van der Waals surface area contributed by atoms with Gasteiger partial charge in [-0.2, -0.15) is 5.10 Å².